The highest BCUT2D eigenvalue weighted by Gasteiger charge is 2.27. The summed E-state index contributed by atoms with van der Waals surface area (Å²) >= 11 is 2.41. The minimum atomic E-state index is -0.0393. The Labute approximate surface area is 122 Å². The van der Waals surface area contributed by atoms with Gasteiger partial charge in [0.05, 0.1) is 5.92 Å². The van der Waals surface area contributed by atoms with Gasteiger partial charge in [-0.3, -0.25) is 4.79 Å². The number of hydrogen-bond acceptors (Lipinski definition) is 2. The van der Waals surface area contributed by atoms with E-state index in [-0.39, 0.29) is 11.9 Å². The van der Waals surface area contributed by atoms with Gasteiger partial charge in [0.15, 0.2) is 0 Å². The first-order chi connectivity index (χ1) is 8.81. The molecule has 0 amide bonds. The fourth-order valence-electron chi connectivity index (χ4n) is 2.37. The minimum Gasteiger partial charge on any atom is -0.426 e. The Balaban J connectivity index is 1.82. The van der Waals surface area contributed by atoms with Crippen LogP contribution >= 0.6 is 22.6 Å². The van der Waals surface area contributed by atoms with Crippen LogP contribution in [0.5, 0.6) is 5.75 Å². The quantitative estimate of drug-likeness (QED) is 0.251. The molecule has 3 heteroatoms. The summed E-state index contributed by atoms with van der Waals surface area (Å²) in [5.41, 5.74) is 1.18. The molecule has 0 spiro atoms. The number of alkyl halides is 1. The van der Waals surface area contributed by atoms with E-state index in [9.17, 15) is 4.79 Å². The van der Waals surface area contributed by atoms with Crippen LogP contribution in [-0.2, 0) is 11.2 Å². The predicted octanol–water partition coefficient (Wildman–Crippen LogP) is 4.15. The van der Waals surface area contributed by atoms with E-state index < -0.39 is 0 Å². The number of fused-ring (bicyclic) bond motifs is 1. The van der Waals surface area contributed by atoms with Crippen LogP contribution in [0.1, 0.15) is 37.7 Å². The number of benzene rings is 1. The number of ether oxygens (including phenoxy) is 1. The second-order valence-corrected chi connectivity index (χ2v) is 5.90. The first kappa shape index (κ1) is 13.8. The lowest BCUT2D eigenvalue weighted by Gasteiger charge is -2.23. The number of para-hydroxylation sites is 1. The molecule has 0 aliphatic carbocycles. The van der Waals surface area contributed by atoms with Crippen molar-refractivity contribution in [2.24, 2.45) is 5.92 Å². The molecule has 1 atom stereocenters. The molecule has 18 heavy (non-hydrogen) atoms. The van der Waals surface area contributed by atoms with Crippen molar-refractivity contribution in [3.05, 3.63) is 29.8 Å². The van der Waals surface area contributed by atoms with E-state index >= 15 is 0 Å². The Hall–Kier alpha value is -0.580. The number of hydrogen-bond donors (Lipinski definition) is 0. The molecule has 0 saturated heterocycles. The molecule has 1 aromatic carbocycles. The van der Waals surface area contributed by atoms with Crippen molar-refractivity contribution in [3.63, 3.8) is 0 Å². The summed E-state index contributed by atoms with van der Waals surface area (Å²) in [4.78, 5) is 11.9. The molecule has 0 N–H and O–H groups in total. The second kappa shape index (κ2) is 7.12. The molecule has 0 radical (unpaired) electrons. The van der Waals surface area contributed by atoms with Crippen LogP contribution in [0.15, 0.2) is 24.3 Å². The van der Waals surface area contributed by atoms with Gasteiger partial charge >= 0.3 is 5.97 Å². The fourth-order valence-corrected chi connectivity index (χ4v) is 2.91. The summed E-state index contributed by atoms with van der Waals surface area (Å²) in [6, 6.07) is 7.86. The highest BCUT2D eigenvalue weighted by Crippen LogP contribution is 2.30. The number of esters is 1. The summed E-state index contributed by atoms with van der Waals surface area (Å²) < 4.78 is 6.62. The van der Waals surface area contributed by atoms with Gasteiger partial charge in [-0.2, -0.15) is 0 Å². The van der Waals surface area contributed by atoms with Gasteiger partial charge in [-0.05, 0) is 35.3 Å². The van der Waals surface area contributed by atoms with E-state index in [4.69, 9.17) is 4.74 Å². The van der Waals surface area contributed by atoms with Crippen LogP contribution in [0.4, 0.5) is 0 Å². The maximum absolute atomic E-state index is 11.9. The van der Waals surface area contributed by atoms with Gasteiger partial charge in [-0.25, -0.2) is 0 Å². The monoisotopic (exact) mass is 358 g/mol. The standard InChI is InChI=1S/C15H19IO2/c16-10-6-2-1-3-8-13-11-12-7-4-5-9-14(12)18-15(13)17/h4-5,7,9,13H,1-3,6,8,10-11H2. The summed E-state index contributed by atoms with van der Waals surface area (Å²) in [5.74, 6) is 0.783. The number of unbranched alkanes of at least 4 members (excludes halogenated alkanes) is 3. The normalized spacial score (nSPS) is 18.3. The molecule has 0 aromatic heterocycles. The first-order valence-corrected chi connectivity index (χ1v) is 8.19. The Kier molecular flexibility index (Phi) is 5.47. The summed E-state index contributed by atoms with van der Waals surface area (Å²) in [6.07, 6.45) is 6.75. The van der Waals surface area contributed by atoms with E-state index in [1.807, 2.05) is 18.2 Å². The SMILES string of the molecule is O=C1Oc2ccccc2CC1CCCCCCI. The minimum absolute atomic E-state index is 0.0393. The number of carbonyl (C=O) groups excluding carboxylic acids is 1. The molecular weight excluding hydrogens is 339 g/mol. The largest absolute Gasteiger partial charge is 0.426 e. The Bertz CT molecular complexity index is 403. The van der Waals surface area contributed by atoms with Crippen molar-refractivity contribution in [1.29, 1.82) is 0 Å². The van der Waals surface area contributed by atoms with Gasteiger partial charge in [0, 0.05) is 0 Å². The van der Waals surface area contributed by atoms with Gasteiger partial charge in [-0.15, -0.1) is 0 Å². The van der Waals surface area contributed by atoms with Crippen LogP contribution in [0.3, 0.4) is 0 Å². The maximum atomic E-state index is 11.9. The third kappa shape index (κ3) is 3.70. The van der Waals surface area contributed by atoms with Gasteiger partial charge in [0.25, 0.3) is 0 Å². The second-order valence-electron chi connectivity index (χ2n) is 4.82. The molecule has 1 unspecified atom stereocenters. The highest BCUT2D eigenvalue weighted by atomic mass is 127. The Morgan fingerprint density at radius 3 is 2.78 bits per heavy atom. The van der Waals surface area contributed by atoms with E-state index in [1.165, 1.54) is 29.3 Å². The van der Waals surface area contributed by atoms with Crippen molar-refractivity contribution in [1.82, 2.24) is 0 Å². The fraction of sp³-hybridized carbons (Fsp3) is 0.533. The van der Waals surface area contributed by atoms with E-state index in [0.717, 1.165) is 25.0 Å². The van der Waals surface area contributed by atoms with Crippen LogP contribution in [0, 0.1) is 5.92 Å². The molecule has 1 aliphatic heterocycles. The lowest BCUT2D eigenvalue weighted by Crippen LogP contribution is -2.27. The number of carbonyl (C=O) groups is 1. The summed E-state index contributed by atoms with van der Waals surface area (Å²) in [7, 11) is 0. The zero-order chi connectivity index (χ0) is 12.8. The molecule has 0 saturated carbocycles. The molecule has 0 bridgehead atoms. The molecule has 1 aliphatic rings. The van der Waals surface area contributed by atoms with E-state index in [0.29, 0.717) is 0 Å². The molecular formula is C15H19IO2. The van der Waals surface area contributed by atoms with Crippen molar-refractivity contribution in [2.45, 2.75) is 38.5 Å². The van der Waals surface area contributed by atoms with E-state index in [1.54, 1.807) is 0 Å². The van der Waals surface area contributed by atoms with Crippen LogP contribution in [0.2, 0.25) is 0 Å². The smallest absolute Gasteiger partial charge is 0.314 e. The third-order valence-corrected chi connectivity index (χ3v) is 4.18. The summed E-state index contributed by atoms with van der Waals surface area (Å²) in [6.45, 7) is 0. The number of rotatable bonds is 6. The molecule has 2 nitrogen and oxygen atoms in total. The topological polar surface area (TPSA) is 26.3 Å². The first-order valence-electron chi connectivity index (χ1n) is 6.67. The van der Waals surface area contributed by atoms with Crippen LogP contribution in [0.25, 0.3) is 0 Å². The lowest BCUT2D eigenvalue weighted by atomic mass is 9.91. The third-order valence-electron chi connectivity index (χ3n) is 3.42. The molecule has 2 rings (SSSR count). The molecule has 1 heterocycles. The Morgan fingerprint density at radius 1 is 1.17 bits per heavy atom. The van der Waals surface area contributed by atoms with E-state index in [2.05, 4.69) is 28.7 Å². The average Bonchev–Trinajstić information content (AvgIpc) is 2.39. The Morgan fingerprint density at radius 2 is 1.94 bits per heavy atom. The van der Waals surface area contributed by atoms with Crippen LogP contribution in [-0.4, -0.2) is 10.4 Å². The molecule has 98 valence electrons. The lowest BCUT2D eigenvalue weighted by molar-refractivity contribution is -0.140. The van der Waals surface area contributed by atoms with Crippen LogP contribution < -0.4 is 4.74 Å². The molecule has 0 fully saturated rings. The van der Waals surface area contributed by atoms with Crippen molar-refractivity contribution in [3.8, 4) is 5.75 Å². The van der Waals surface area contributed by atoms with Gasteiger partial charge < -0.3 is 4.74 Å². The maximum Gasteiger partial charge on any atom is 0.314 e. The average molecular weight is 358 g/mol. The van der Waals surface area contributed by atoms with Crippen molar-refractivity contribution >= 4 is 28.6 Å². The van der Waals surface area contributed by atoms with Crippen molar-refractivity contribution in [2.75, 3.05) is 4.43 Å². The predicted molar refractivity (Wildman–Crippen MR) is 81.2 cm³/mol. The van der Waals surface area contributed by atoms with Gasteiger partial charge in [0.2, 0.25) is 0 Å². The number of halogens is 1. The zero-order valence-corrected chi connectivity index (χ0v) is 12.7. The highest BCUT2D eigenvalue weighted by molar-refractivity contribution is 14.1. The molecule has 1 aromatic rings. The van der Waals surface area contributed by atoms with Crippen molar-refractivity contribution < 1.29 is 9.53 Å². The summed E-state index contributed by atoms with van der Waals surface area (Å²) in [5, 5.41) is 0. The van der Waals surface area contributed by atoms with Gasteiger partial charge in [0.1, 0.15) is 5.75 Å². The van der Waals surface area contributed by atoms with Gasteiger partial charge in [-0.1, -0.05) is 60.1 Å². The zero-order valence-electron chi connectivity index (χ0n) is 10.5.